The molecular formula is C16H26N4O. The van der Waals surface area contributed by atoms with Gasteiger partial charge in [-0.25, -0.2) is 0 Å². The monoisotopic (exact) mass is 290 g/mol. The van der Waals surface area contributed by atoms with Gasteiger partial charge in [0.15, 0.2) is 5.82 Å². The van der Waals surface area contributed by atoms with Gasteiger partial charge in [-0.15, -0.1) is 0 Å². The average Bonchev–Trinajstić information content (AvgIpc) is 3.16. The lowest BCUT2D eigenvalue weighted by molar-refractivity contribution is -0.117. The minimum atomic E-state index is 0.150. The van der Waals surface area contributed by atoms with Crippen molar-refractivity contribution in [3.8, 4) is 0 Å². The van der Waals surface area contributed by atoms with Crippen LogP contribution in [0.1, 0.15) is 45.4 Å². The van der Waals surface area contributed by atoms with Gasteiger partial charge in [-0.3, -0.25) is 9.48 Å². The van der Waals surface area contributed by atoms with E-state index in [4.69, 9.17) is 5.73 Å². The summed E-state index contributed by atoms with van der Waals surface area (Å²) in [4.78, 5) is 12.3. The maximum Gasteiger partial charge on any atom is 0.228 e. The zero-order valence-electron chi connectivity index (χ0n) is 12.8. The van der Waals surface area contributed by atoms with E-state index in [9.17, 15) is 4.79 Å². The van der Waals surface area contributed by atoms with Crippen molar-refractivity contribution < 1.29 is 4.79 Å². The topological polar surface area (TPSA) is 72.9 Å². The van der Waals surface area contributed by atoms with Crippen LogP contribution < -0.4 is 11.1 Å². The number of nitrogens with zero attached hydrogens (tertiary/aromatic N) is 2. The summed E-state index contributed by atoms with van der Waals surface area (Å²) >= 11 is 0. The third kappa shape index (κ3) is 3.46. The van der Waals surface area contributed by atoms with Crippen molar-refractivity contribution in [1.29, 1.82) is 0 Å². The summed E-state index contributed by atoms with van der Waals surface area (Å²) in [5, 5.41) is 7.33. The second kappa shape index (κ2) is 6.18. The largest absolute Gasteiger partial charge is 0.328 e. The molecule has 0 radical (unpaired) electrons. The summed E-state index contributed by atoms with van der Waals surface area (Å²) in [6.45, 7) is 3.01. The molecule has 0 aliphatic heterocycles. The lowest BCUT2D eigenvalue weighted by atomic mass is 9.83. The van der Waals surface area contributed by atoms with E-state index in [0.717, 1.165) is 32.2 Å². The number of hydrogen-bond donors (Lipinski definition) is 2. The predicted molar refractivity (Wildman–Crippen MR) is 82.7 cm³/mol. The van der Waals surface area contributed by atoms with Crippen LogP contribution >= 0.6 is 0 Å². The Morgan fingerprint density at radius 2 is 2.19 bits per heavy atom. The summed E-state index contributed by atoms with van der Waals surface area (Å²) < 4.78 is 1.88. The summed E-state index contributed by atoms with van der Waals surface area (Å²) in [6, 6.07) is 2.26. The number of rotatable bonds is 5. The normalized spacial score (nSPS) is 31.9. The summed E-state index contributed by atoms with van der Waals surface area (Å²) in [7, 11) is 0. The van der Waals surface area contributed by atoms with Crippen molar-refractivity contribution in [1.82, 2.24) is 9.78 Å². The second-order valence-corrected chi connectivity index (χ2v) is 6.63. The number of hydrogen-bond acceptors (Lipinski definition) is 3. The maximum absolute atomic E-state index is 12.3. The molecule has 3 rings (SSSR count). The van der Waals surface area contributed by atoms with Crippen LogP contribution in [0.2, 0.25) is 0 Å². The van der Waals surface area contributed by atoms with Gasteiger partial charge < -0.3 is 11.1 Å². The third-order valence-corrected chi connectivity index (χ3v) is 4.94. The van der Waals surface area contributed by atoms with E-state index in [0.29, 0.717) is 23.7 Å². The van der Waals surface area contributed by atoms with Crippen molar-refractivity contribution in [2.24, 2.45) is 23.5 Å². The molecule has 5 nitrogen and oxygen atoms in total. The van der Waals surface area contributed by atoms with Crippen molar-refractivity contribution >= 4 is 11.7 Å². The first kappa shape index (κ1) is 14.6. The number of nitrogens with one attached hydrogen (secondary N) is 1. The maximum atomic E-state index is 12.3. The van der Waals surface area contributed by atoms with Crippen molar-refractivity contribution in [2.75, 3.05) is 5.32 Å². The van der Waals surface area contributed by atoms with E-state index in [2.05, 4.69) is 17.3 Å². The molecule has 0 unspecified atom stereocenters. The smallest absolute Gasteiger partial charge is 0.228 e. The zero-order chi connectivity index (χ0) is 14.8. The standard InChI is InChI=1S/C16H26N4O/c1-2-8-20-9-7-15(19-20)18-16(21)14-10-13(14)11-3-5-12(17)6-4-11/h7,9,11-14H,2-6,8,10,17H2,1H3,(H,18,19,21)/t11?,12?,13-,14+/m0/s1. The molecule has 0 spiro atoms. The molecule has 2 fully saturated rings. The van der Waals surface area contributed by atoms with Gasteiger partial charge in [0.05, 0.1) is 0 Å². The van der Waals surface area contributed by atoms with Crippen molar-refractivity contribution in [3.05, 3.63) is 12.3 Å². The van der Waals surface area contributed by atoms with Gasteiger partial charge in [0.1, 0.15) is 0 Å². The first-order valence-corrected chi connectivity index (χ1v) is 8.27. The van der Waals surface area contributed by atoms with Gasteiger partial charge in [-0.1, -0.05) is 6.92 Å². The van der Waals surface area contributed by atoms with Crippen LogP contribution in [-0.4, -0.2) is 21.7 Å². The number of nitrogens with two attached hydrogens (primary N) is 1. The van der Waals surface area contributed by atoms with Crippen LogP contribution in [0, 0.1) is 17.8 Å². The van der Waals surface area contributed by atoms with Gasteiger partial charge in [0.25, 0.3) is 0 Å². The molecular weight excluding hydrogens is 264 g/mol. The average molecular weight is 290 g/mol. The van der Waals surface area contributed by atoms with Gasteiger partial charge in [0, 0.05) is 30.8 Å². The Hall–Kier alpha value is -1.36. The molecule has 21 heavy (non-hydrogen) atoms. The van der Waals surface area contributed by atoms with Crippen molar-refractivity contribution in [2.45, 2.75) is 58.0 Å². The highest BCUT2D eigenvalue weighted by molar-refractivity contribution is 5.93. The number of carbonyl (C=O) groups is 1. The first-order valence-electron chi connectivity index (χ1n) is 8.27. The fraction of sp³-hybridized carbons (Fsp3) is 0.750. The second-order valence-electron chi connectivity index (χ2n) is 6.63. The zero-order valence-corrected chi connectivity index (χ0v) is 12.8. The number of aryl methyl sites for hydroxylation is 1. The molecule has 0 bridgehead atoms. The minimum Gasteiger partial charge on any atom is -0.328 e. The van der Waals surface area contributed by atoms with Crippen LogP contribution in [0.15, 0.2) is 12.3 Å². The SMILES string of the molecule is CCCn1ccc(NC(=O)[C@@H]2C[C@H]2C2CCC(N)CC2)n1. The summed E-state index contributed by atoms with van der Waals surface area (Å²) in [5.41, 5.74) is 5.95. The Morgan fingerprint density at radius 1 is 1.43 bits per heavy atom. The van der Waals surface area contributed by atoms with E-state index >= 15 is 0 Å². The van der Waals surface area contributed by atoms with Gasteiger partial charge in [-0.05, 0) is 50.4 Å². The third-order valence-electron chi connectivity index (χ3n) is 4.94. The molecule has 2 aliphatic rings. The Kier molecular flexibility index (Phi) is 4.29. The summed E-state index contributed by atoms with van der Waals surface area (Å²) in [5.74, 6) is 2.32. The fourth-order valence-corrected chi connectivity index (χ4v) is 3.61. The number of carbonyl (C=O) groups excluding carboxylic acids is 1. The Balaban J connectivity index is 1.48. The number of aromatic nitrogens is 2. The van der Waals surface area contributed by atoms with Gasteiger partial charge >= 0.3 is 0 Å². The lowest BCUT2D eigenvalue weighted by Crippen LogP contribution is -2.28. The molecule has 5 heteroatoms. The molecule has 1 aromatic heterocycles. The molecule has 0 saturated heterocycles. The van der Waals surface area contributed by atoms with Gasteiger partial charge in [-0.2, -0.15) is 5.10 Å². The van der Waals surface area contributed by atoms with E-state index in [1.54, 1.807) is 0 Å². The quantitative estimate of drug-likeness (QED) is 0.874. The molecule has 116 valence electrons. The highest BCUT2D eigenvalue weighted by Gasteiger charge is 2.47. The Labute approximate surface area is 126 Å². The fourth-order valence-electron chi connectivity index (χ4n) is 3.61. The minimum absolute atomic E-state index is 0.150. The van der Waals surface area contributed by atoms with Crippen LogP contribution in [0.4, 0.5) is 5.82 Å². The first-order chi connectivity index (χ1) is 10.2. The molecule has 1 heterocycles. The molecule has 2 aliphatic carbocycles. The van der Waals surface area contributed by atoms with Crippen LogP contribution in [0.5, 0.6) is 0 Å². The Morgan fingerprint density at radius 3 is 2.90 bits per heavy atom. The molecule has 0 aromatic carbocycles. The van der Waals surface area contributed by atoms with Crippen molar-refractivity contribution in [3.63, 3.8) is 0 Å². The Bertz CT molecular complexity index is 490. The molecule has 1 aromatic rings. The van der Waals surface area contributed by atoms with E-state index in [-0.39, 0.29) is 11.8 Å². The highest BCUT2D eigenvalue weighted by atomic mass is 16.2. The van der Waals surface area contributed by atoms with E-state index in [1.165, 1.54) is 12.8 Å². The predicted octanol–water partition coefficient (Wildman–Crippen LogP) is 2.39. The lowest BCUT2D eigenvalue weighted by Gasteiger charge is -2.26. The number of amides is 1. The molecule has 2 saturated carbocycles. The van der Waals surface area contributed by atoms with E-state index in [1.807, 2.05) is 16.9 Å². The molecule has 1 amide bonds. The molecule has 3 N–H and O–H groups in total. The molecule has 2 atom stereocenters. The van der Waals surface area contributed by atoms with Crippen LogP contribution in [-0.2, 0) is 11.3 Å². The van der Waals surface area contributed by atoms with E-state index < -0.39 is 0 Å². The highest BCUT2D eigenvalue weighted by Crippen LogP contribution is 2.49. The van der Waals surface area contributed by atoms with Gasteiger partial charge in [0.2, 0.25) is 5.91 Å². The number of anilines is 1. The van der Waals surface area contributed by atoms with Crippen LogP contribution in [0.25, 0.3) is 0 Å². The van der Waals surface area contributed by atoms with Crippen LogP contribution in [0.3, 0.4) is 0 Å². The summed E-state index contributed by atoms with van der Waals surface area (Å²) in [6.07, 6.45) is 8.65.